The molecule has 1 saturated heterocycles. The third-order valence-electron chi connectivity index (χ3n) is 6.26. The number of ketones is 1. The Morgan fingerprint density at radius 3 is 2.12 bits per heavy atom. The highest BCUT2D eigenvalue weighted by molar-refractivity contribution is 5.94. The number of nitrogens with zero attached hydrogens (tertiary/aromatic N) is 4. The van der Waals surface area contributed by atoms with Gasteiger partial charge in [0.15, 0.2) is 5.78 Å². The van der Waals surface area contributed by atoms with E-state index in [4.69, 9.17) is 5.10 Å². The topological polar surface area (TPSA) is 58.4 Å². The molecule has 0 spiro atoms. The number of anilines is 1. The van der Waals surface area contributed by atoms with E-state index in [-0.39, 0.29) is 11.3 Å². The van der Waals surface area contributed by atoms with Crippen molar-refractivity contribution in [3.63, 3.8) is 0 Å². The molecule has 1 aliphatic rings. The van der Waals surface area contributed by atoms with Crippen molar-refractivity contribution in [1.29, 1.82) is 0 Å². The van der Waals surface area contributed by atoms with Crippen LogP contribution in [0.4, 0.5) is 5.69 Å². The third-order valence-corrected chi connectivity index (χ3v) is 6.26. The molecule has 0 N–H and O–H groups in total. The molecule has 3 aromatic carbocycles. The molecule has 6 nitrogen and oxygen atoms in total. The van der Waals surface area contributed by atoms with E-state index in [1.165, 1.54) is 0 Å². The lowest BCUT2D eigenvalue weighted by Gasteiger charge is -2.36. The van der Waals surface area contributed by atoms with Gasteiger partial charge in [0, 0.05) is 48.4 Å². The lowest BCUT2D eigenvalue weighted by Crippen LogP contribution is -2.48. The van der Waals surface area contributed by atoms with Crippen molar-refractivity contribution in [2.24, 2.45) is 0 Å². The maximum absolute atomic E-state index is 13.2. The van der Waals surface area contributed by atoms with E-state index in [1.54, 1.807) is 11.6 Å². The Hall–Kier alpha value is -3.77. The Bertz CT molecular complexity index is 1340. The molecule has 0 saturated carbocycles. The van der Waals surface area contributed by atoms with Gasteiger partial charge >= 0.3 is 0 Å². The molecular weight excluding hydrogens is 412 g/mol. The van der Waals surface area contributed by atoms with Crippen molar-refractivity contribution >= 4 is 22.2 Å². The molecule has 0 atom stereocenters. The van der Waals surface area contributed by atoms with Crippen LogP contribution in [0.25, 0.3) is 22.0 Å². The minimum Gasteiger partial charge on any atom is -0.369 e. The molecule has 0 unspecified atom stereocenters. The molecule has 5 rings (SSSR count). The second-order valence-corrected chi connectivity index (χ2v) is 8.41. The number of piperazine rings is 1. The molecule has 0 radical (unpaired) electrons. The van der Waals surface area contributed by atoms with E-state index in [1.807, 2.05) is 78.9 Å². The predicted molar refractivity (Wildman–Crippen MR) is 132 cm³/mol. The summed E-state index contributed by atoms with van der Waals surface area (Å²) < 4.78 is 1.60. The number of benzene rings is 3. The largest absolute Gasteiger partial charge is 0.369 e. The Balaban J connectivity index is 1.36. The van der Waals surface area contributed by atoms with Crippen LogP contribution in [0.15, 0.2) is 83.7 Å². The molecule has 33 heavy (non-hydrogen) atoms. The number of carbonyl (C=O) groups is 1. The highest BCUT2D eigenvalue weighted by Gasteiger charge is 2.20. The normalized spacial score (nSPS) is 14.5. The Morgan fingerprint density at radius 2 is 1.45 bits per heavy atom. The number of aromatic nitrogens is 2. The fourth-order valence-electron chi connectivity index (χ4n) is 4.38. The standard InChI is InChI=1S/C27H26N4O2/c1-20(32)21-11-13-23(14-12-21)30-17-15-29(16-18-30)19-31-27(33)25-10-6-5-9-24(25)26(28-31)22-7-3-2-4-8-22/h2-14H,15-19H2,1H3. The van der Waals surface area contributed by atoms with Gasteiger partial charge in [-0.05, 0) is 37.3 Å². The number of rotatable bonds is 5. The van der Waals surface area contributed by atoms with Crippen molar-refractivity contribution < 1.29 is 4.79 Å². The molecular formula is C27H26N4O2. The molecule has 0 bridgehead atoms. The highest BCUT2D eigenvalue weighted by atomic mass is 16.1. The first-order valence-electron chi connectivity index (χ1n) is 11.2. The van der Waals surface area contributed by atoms with Crippen LogP contribution >= 0.6 is 0 Å². The van der Waals surface area contributed by atoms with Gasteiger partial charge in [-0.25, -0.2) is 4.68 Å². The molecule has 1 aliphatic heterocycles. The van der Waals surface area contributed by atoms with Crippen molar-refractivity contribution in [2.75, 3.05) is 31.1 Å². The number of carbonyl (C=O) groups excluding carboxylic acids is 1. The predicted octanol–water partition coefficient (Wildman–Crippen LogP) is 4.05. The maximum Gasteiger partial charge on any atom is 0.275 e. The summed E-state index contributed by atoms with van der Waals surface area (Å²) in [5.74, 6) is 0.0783. The van der Waals surface area contributed by atoms with Gasteiger partial charge < -0.3 is 4.90 Å². The molecule has 0 amide bonds. The van der Waals surface area contributed by atoms with Crippen LogP contribution in [0.5, 0.6) is 0 Å². The van der Waals surface area contributed by atoms with E-state index in [0.29, 0.717) is 12.1 Å². The van der Waals surface area contributed by atoms with Gasteiger partial charge in [0.2, 0.25) is 0 Å². The highest BCUT2D eigenvalue weighted by Crippen LogP contribution is 2.24. The summed E-state index contributed by atoms with van der Waals surface area (Å²) in [6.45, 7) is 5.41. The third kappa shape index (κ3) is 4.30. The summed E-state index contributed by atoms with van der Waals surface area (Å²) in [7, 11) is 0. The van der Waals surface area contributed by atoms with E-state index in [9.17, 15) is 9.59 Å². The van der Waals surface area contributed by atoms with E-state index in [2.05, 4.69) is 9.80 Å². The molecule has 1 aromatic heterocycles. The van der Waals surface area contributed by atoms with Crippen LogP contribution in [0, 0.1) is 0 Å². The van der Waals surface area contributed by atoms with E-state index < -0.39 is 0 Å². The fraction of sp³-hybridized carbons (Fsp3) is 0.222. The average Bonchev–Trinajstić information content (AvgIpc) is 2.87. The van der Waals surface area contributed by atoms with Crippen molar-refractivity contribution in [3.8, 4) is 11.3 Å². The minimum absolute atomic E-state index is 0.0625. The van der Waals surface area contributed by atoms with Crippen molar-refractivity contribution in [1.82, 2.24) is 14.7 Å². The zero-order chi connectivity index (χ0) is 22.8. The van der Waals surface area contributed by atoms with E-state index >= 15 is 0 Å². The second-order valence-electron chi connectivity index (χ2n) is 8.41. The first kappa shape index (κ1) is 21.1. The number of hydrogen-bond donors (Lipinski definition) is 0. The first-order valence-corrected chi connectivity index (χ1v) is 11.2. The van der Waals surface area contributed by atoms with Crippen LogP contribution in [0.1, 0.15) is 17.3 Å². The number of hydrogen-bond acceptors (Lipinski definition) is 5. The summed E-state index contributed by atoms with van der Waals surface area (Å²) in [6, 6.07) is 25.5. The number of fused-ring (bicyclic) bond motifs is 1. The molecule has 0 aliphatic carbocycles. The Labute approximate surface area is 192 Å². The first-order chi connectivity index (χ1) is 16.1. The smallest absolute Gasteiger partial charge is 0.275 e. The van der Waals surface area contributed by atoms with Gasteiger partial charge in [-0.15, -0.1) is 0 Å². The Kier molecular flexibility index (Phi) is 5.75. The lowest BCUT2D eigenvalue weighted by atomic mass is 10.1. The molecule has 1 fully saturated rings. The fourth-order valence-corrected chi connectivity index (χ4v) is 4.38. The molecule has 4 aromatic rings. The molecule has 6 heteroatoms. The quantitative estimate of drug-likeness (QED) is 0.440. The van der Waals surface area contributed by atoms with Crippen molar-refractivity contribution in [3.05, 3.63) is 94.8 Å². The van der Waals surface area contributed by atoms with Crippen LogP contribution < -0.4 is 10.5 Å². The summed E-state index contributed by atoms with van der Waals surface area (Å²) in [6.07, 6.45) is 0. The average molecular weight is 439 g/mol. The summed E-state index contributed by atoms with van der Waals surface area (Å²) in [4.78, 5) is 29.3. The molecule has 2 heterocycles. The van der Waals surface area contributed by atoms with E-state index in [0.717, 1.165) is 54.1 Å². The summed E-state index contributed by atoms with van der Waals surface area (Å²) in [5.41, 5.74) is 3.61. The zero-order valence-corrected chi connectivity index (χ0v) is 18.6. The van der Waals surface area contributed by atoms with Gasteiger partial charge in [-0.1, -0.05) is 48.5 Å². The summed E-state index contributed by atoms with van der Waals surface area (Å²) in [5, 5.41) is 6.35. The van der Waals surface area contributed by atoms with Gasteiger partial charge in [0.1, 0.15) is 0 Å². The monoisotopic (exact) mass is 438 g/mol. The van der Waals surface area contributed by atoms with Crippen LogP contribution in [0.3, 0.4) is 0 Å². The maximum atomic E-state index is 13.2. The van der Waals surface area contributed by atoms with Gasteiger partial charge in [-0.3, -0.25) is 14.5 Å². The van der Waals surface area contributed by atoms with Gasteiger partial charge in [0.25, 0.3) is 5.56 Å². The lowest BCUT2D eigenvalue weighted by molar-refractivity contribution is 0.101. The van der Waals surface area contributed by atoms with Gasteiger partial charge in [0.05, 0.1) is 17.7 Å². The zero-order valence-electron chi connectivity index (χ0n) is 18.6. The SMILES string of the molecule is CC(=O)c1ccc(N2CCN(Cn3nc(-c4ccccc4)c4ccccc4c3=O)CC2)cc1. The number of Topliss-reactive ketones (excluding diaryl/α,β-unsaturated/α-hetero) is 1. The van der Waals surface area contributed by atoms with Crippen LogP contribution in [0.2, 0.25) is 0 Å². The minimum atomic E-state index is -0.0625. The van der Waals surface area contributed by atoms with Gasteiger partial charge in [-0.2, -0.15) is 5.10 Å². The summed E-state index contributed by atoms with van der Waals surface area (Å²) >= 11 is 0. The van der Waals surface area contributed by atoms with Crippen LogP contribution in [-0.4, -0.2) is 46.6 Å². The van der Waals surface area contributed by atoms with Crippen LogP contribution in [-0.2, 0) is 6.67 Å². The Morgan fingerprint density at radius 1 is 0.818 bits per heavy atom. The van der Waals surface area contributed by atoms with Crippen molar-refractivity contribution in [2.45, 2.75) is 13.6 Å². The second kappa shape index (κ2) is 9.00. The molecule has 166 valence electrons.